The molecular formula is C20H17NO5. The number of hydroxylamine groups is 1. The van der Waals surface area contributed by atoms with Crippen LogP contribution < -0.4 is 5.06 Å². The molecule has 6 heteroatoms. The molecule has 0 atom stereocenters. The maximum Gasteiger partial charge on any atom is 0.337 e. The highest BCUT2D eigenvalue weighted by atomic mass is 16.5. The quantitative estimate of drug-likeness (QED) is 0.428. The molecule has 3 aromatic carbocycles. The molecule has 0 saturated heterocycles. The van der Waals surface area contributed by atoms with E-state index in [9.17, 15) is 19.9 Å². The lowest BCUT2D eigenvalue weighted by Crippen LogP contribution is -2.28. The molecule has 0 aliphatic heterocycles. The fraction of sp³-hybridized carbons (Fsp3) is 0.100. The molecular weight excluding hydrogens is 334 g/mol. The molecule has 0 heterocycles. The number of esters is 1. The average Bonchev–Trinajstić information content (AvgIpc) is 2.67. The summed E-state index contributed by atoms with van der Waals surface area (Å²) in [6, 6.07) is 16.7. The second kappa shape index (κ2) is 7.25. The van der Waals surface area contributed by atoms with E-state index in [2.05, 4.69) is 4.74 Å². The number of rotatable bonds is 4. The molecule has 0 radical (unpaired) electrons. The molecule has 0 saturated carbocycles. The largest absolute Gasteiger partial charge is 0.505 e. The van der Waals surface area contributed by atoms with Gasteiger partial charge in [0.1, 0.15) is 11.4 Å². The molecule has 3 rings (SSSR count). The molecule has 0 aliphatic rings. The number of anilines is 1. The fourth-order valence-corrected chi connectivity index (χ4v) is 2.72. The van der Waals surface area contributed by atoms with Crippen LogP contribution in [0.2, 0.25) is 0 Å². The van der Waals surface area contributed by atoms with Crippen molar-refractivity contribution in [3.63, 3.8) is 0 Å². The van der Waals surface area contributed by atoms with Crippen LogP contribution >= 0.6 is 0 Å². The van der Waals surface area contributed by atoms with E-state index in [1.54, 1.807) is 36.4 Å². The molecule has 0 aromatic heterocycles. The van der Waals surface area contributed by atoms with Gasteiger partial charge in [-0.2, -0.15) is 5.06 Å². The Morgan fingerprint density at radius 3 is 2.58 bits per heavy atom. The maximum absolute atomic E-state index is 12.4. The number of aromatic hydroxyl groups is 1. The van der Waals surface area contributed by atoms with Crippen molar-refractivity contribution in [2.45, 2.75) is 6.42 Å². The summed E-state index contributed by atoms with van der Waals surface area (Å²) < 4.78 is 4.65. The Kier molecular flexibility index (Phi) is 4.86. The van der Waals surface area contributed by atoms with Gasteiger partial charge in [-0.15, -0.1) is 0 Å². The monoisotopic (exact) mass is 351 g/mol. The molecule has 0 spiro atoms. The first-order chi connectivity index (χ1) is 12.5. The zero-order valence-corrected chi connectivity index (χ0v) is 14.0. The van der Waals surface area contributed by atoms with Crippen molar-refractivity contribution in [3.05, 3.63) is 71.8 Å². The van der Waals surface area contributed by atoms with E-state index in [4.69, 9.17) is 0 Å². The van der Waals surface area contributed by atoms with Crippen molar-refractivity contribution in [1.29, 1.82) is 0 Å². The predicted molar refractivity (Wildman–Crippen MR) is 96.4 cm³/mol. The first-order valence-electron chi connectivity index (χ1n) is 7.91. The van der Waals surface area contributed by atoms with Gasteiger partial charge in [-0.05, 0) is 29.1 Å². The summed E-state index contributed by atoms with van der Waals surface area (Å²) in [4.78, 5) is 24.0. The summed E-state index contributed by atoms with van der Waals surface area (Å²) in [6.07, 6.45) is -0.145. The number of hydrogen-bond donors (Lipinski definition) is 2. The molecule has 132 valence electrons. The molecule has 1 amide bonds. The summed E-state index contributed by atoms with van der Waals surface area (Å²) in [7, 11) is 1.28. The van der Waals surface area contributed by atoms with E-state index in [1.165, 1.54) is 19.2 Å². The lowest BCUT2D eigenvalue weighted by Gasteiger charge is -2.17. The Morgan fingerprint density at radius 1 is 1.04 bits per heavy atom. The number of carbonyl (C=O) groups is 2. The average molecular weight is 351 g/mol. The minimum absolute atomic E-state index is 0.00202. The van der Waals surface area contributed by atoms with E-state index in [-0.39, 0.29) is 17.9 Å². The van der Waals surface area contributed by atoms with Crippen molar-refractivity contribution in [2.75, 3.05) is 12.2 Å². The van der Waals surface area contributed by atoms with Gasteiger partial charge in [-0.1, -0.05) is 42.5 Å². The van der Waals surface area contributed by atoms with Gasteiger partial charge in [0, 0.05) is 5.39 Å². The Balaban J connectivity index is 1.84. The molecule has 0 fully saturated rings. The SMILES string of the molecule is COC(=O)c1cccc(CC(=O)N(O)c2ccc3ccccc3c2O)c1. The van der Waals surface area contributed by atoms with E-state index < -0.39 is 11.9 Å². The summed E-state index contributed by atoms with van der Waals surface area (Å²) in [5.74, 6) is -1.33. The maximum atomic E-state index is 12.4. The Labute approximate surface area is 149 Å². The second-order valence-electron chi connectivity index (χ2n) is 5.73. The van der Waals surface area contributed by atoms with Crippen LogP contribution in [0.5, 0.6) is 5.75 Å². The minimum Gasteiger partial charge on any atom is -0.505 e. The zero-order chi connectivity index (χ0) is 18.7. The van der Waals surface area contributed by atoms with Crippen LogP contribution in [0.1, 0.15) is 15.9 Å². The Hall–Kier alpha value is -3.38. The molecule has 6 nitrogen and oxygen atoms in total. The zero-order valence-electron chi connectivity index (χ0n) is 14.0. The lowest BCUT2D eigenvalue weighted by molar-refractivity contribution is -0.123. The number of hydrogen-bond acceptors (Lipinski definition) is 5. The van der Waals surface area contributed by atoms with E-state index >= 15 is 0 Å². The smallest absolute Gasteiger partial charge is 0.337 e. The first kappa shape index (κ1) is 17.4. The van der Waals surface area contributed by atoms with Gasteiger partial charge in [0.15, 0.2) is 0 Å². The summed E-state index contributed by atoms with van der Waals surface area (Å²) in [5, 5.41) is 22.4. The van der Waals surface area contributed by atoms with Gasteiger partial charge < -0.3 is 9.84 Å². The van der Waals surface area contributed by atoms with Gasteiger partial charge in [0.2, 0.25) is 0 Å². The fourth-order valence-electron chi connectivity index (χ4n) is 2.72. The second-order valence-corrected chi connectivity index (χ2v) is 5.73. The molecule has 2 N–H and O–H groups in total. The van der Waals surface area contributed by atoms with Crippen LogP contribution in [-0.2, 0) is 16.0 Å². The summed E-state index contributed by atoms with van der Waals surface area (Å²) in [6.45, 7) is 0. The number of nitrogens with zero attached hydrogens (tertiary/aromatic N) is 1. The number of ether oxygens (including phenoxy) is 1. The Bertz CT molecular complexity index is 983. The normalized spacial score (nSPS) is 10.5. The molecule has 0 aliphatic carbocycles. The van der Waals surface area contributed by atoms with Crippen molar-refractivity contribution in [3.8, 4) is 5.75 Å². The summed E-state index contributed by atoms with van der Waals surface area (Å²) in [5.41, 5.74) is 0.853. The number of phenolic OH excluding ortho intramolecular Hbond substituents is 1. The van der Waals surface area contributed by atoms with E-state index in [0.29, 0.717) is 21.6 Å². The lowest BCUT2D eigenvalue weighted by atomic mass is 10.1. The van der Waals surface area contributed by atoms with Crippen LogP contribution in [0, 0.1) is 0 Å². The first-order valence-corrected chi connectivity index (χ1v) is 7.91. The van der Waals surface area contributed by atoms with Gasteiger partial charge >= 0.3 is 5.97 Å². The third-order valence-corrected chi connectivity index (χ3v) is 4.05. The number of amides is 1. The molecule has 3 aromatic rings. The third-order valence-electron chi connectivity index (χ3n) is 4.05. The third kappa shape index (κ3) is 3.36. The van der Waals surface area contributed by atoms with Gasteiger partial charge in [0.05, 0.1) is 19.1 Å². The highest BCUT2D eigenvalue weighted by molar-refractivity contribution is 6.00. The summed E-state index contributed by atoms with van der Waals surface area (Å²) >= 11 is 0. The standard InChI is InChI=1S/C20H17NO5/c1-26-20(24)15-7-4-5-13(11-15)12-18(22)21(25)17-10-9-14-6-2-3-8-16(14)19(17)23/h2-11,23,25H,12H2,1H3. The van der Waals surface area contributed by atoms with Gasteiger partial charge in [-0.25, -0.2) is 4.79 Å². The van der Waals surface area contributed by atoms with Crippen molar-refractivity contribution in [2.24, 2.45) is 0 Å². The minimum atomic E-state index is -0.641. The van der Waals surface area contributed by atoms with Crippen LogP contribution in [0.3, 0.4) is 0 Å². The number of benzene rings is 3. The molecule has 0 unspecified atom stereocenters. The van der Waals surface area contributed by atoms with Crippen molar-refractivity contribution >= 4 is 28.3 Å². The predicted octanol–water partition coefficient (Wildman–Crippen LogP) is 3.30. The van der Waals surface area contributed by atoms with Crippen LogP contribution in [0.15, 0.2) is 60.7 Å². The highest BCUT2D eigenvalue weighted by Gasteiger charge is 2.19. The van der Waals surface area contributed by atoms with Crippen molar-refractivity contribution < 1.29 is 24.6 Å². The van der Waals surface area contributed by atoms with Gasteiger partial charge in [0.25, 0.3) is 5.91 Å². The number of methoxy groups -OCH3 is 1. The van der Waals surface area contributed by atoms with E-state index in [1.807, 2.05) is 12.1 Å². The van der Waals surface area contributed by atoms with Gasteiger partial charge in [-0.3, -0.25) is 10.0 Å². The molecule has 26 heavy (non-hydrogen) atoms. The topological polar surface area (TPSA) is 87.1 Å². The van der Waals surface area contributed by atoms with Crippen molar-refractivity contribution in [1.82, 2.24) is 0 Å². The Morgan fingerprint density at radius 2 is 1.81 bits per heavy atom. The number of carbonyl (C=O) groups excluding carboxylic acids is 2. The number of fused-ring (bicyclic) bond motifs is 1. The highest BCUT2D eigenvalue weighted by Crippen LogP contribution is 2.34. The van der Waals surface area contributed by atoms with Crippen LogP contribution in [-0.4, -0.2) is 29.3 Å². The molecule has 0 bridgehead atoms. The van der Waals surface area contributed by atoms with Crippen LogP contribution in [0.4, 0.5) is 5.69 Å². The number of phenols is 1. The van der Waals surface area contributed by atoms with E-state index in [0.717, 1.165) is 5.39 Å². The van der Waals surface area contributed by atoms with Crippen LogP contribution in [0.25, 0.3) is 10.8 Å².